The Hall–Kier alpha value is -2.29. The zero-order valence-electron chi connectivity index (χ0n) is 12.1. The second-order valence-electron chi connectivity index (χ2n) is 5.52. The number of aryl methyl sites for hydroxylation is 2. The van der Waals surface area contributed by atoms with Crippen molar-refractivity contribution >= 4 is 17.3 Å². The number of fused-ring (bicyclic) bond motifs is 1. The van der Waals surface area contributed by atoms with Crippen LogP contribution in [0.15, 0.2) is 48.5 Å². The van der Waals surface area contributed by atoms with Gasteiger partial charge in [-0.2, -0.15) is 0 Å². The summed E-state index contributed by atoms with van der Waals surface area (Å²) in [5.74, 6) is 0.242. The average molecular weight is 280 g/mol. The zero-order valence-corrected chi connectivity index (χ0v) is 12.1. The molecular formula is C18H20N2O. The topological polar surface area (TPSA) is 46.3 Å². The van der Waals surface area contributed by atoms with Gasteiger partial charge in [0.1, 0.15) is 0 Å². The minimum Gasteiger partial charge on any atom is -0.399 e. The Bertz CT molecular complexity index is 634. The third-order valence-electron chi connectivity index (χ3n) is 4.02. The van der Waals surface area contributed by atoms with E-state index in [1.807, 2.05) is 29.2 Å². The number of amides is 1. The van der Waals surface area contributed by atoms with Crippen molar-refractivity contribution < 1.29 is 4.79 Å². The molecule has 1 heterocycles. The summed E-state index contributed by atoms with van der Waals surface area (Å²) in [5, 5.41) is 0. The number of para-hydroxylation sites is 1. The van der Waals surface area contributed by atoms with E-state index < -0.39 is 0 Å². The van der Waals surface area contributed by atoms with E-state index in [1.54, 1.807) is 0 Å². The molecule has 2 N–H and O–H groups in total. The van der Waals surface area contributed by atoms with Crippen molar-refractivity contribution in [2.45, 2.75) is 25.7 Å². The molecule has 0 atom stereocenters. The molecule has 3 heteroatoms. The fourth-order valence-corrected chi connectivity index (χ4v) is 2.87. The molecule has 1 aliphatic rings. The third-order valence-corrected chi connectivity index (χ3v) is 4.02. The van der Waals surface area contributed by atoms with Crippen LogP contribution in [0.5, 0.6) is 0 Å². The van der Waals surface area contributed by atoms with E-state index >= 15 is 0 Å². The molecule has 3 nitrogen and oxygen atoms in total. The monoisotopic (exact) mass is 280 g/mol. The van der Waals surface area contributed by atoms with Crippen molar-refractivity contribution in [3.05, 3.63) is 59.7 Å². The van der Waals surface area contributed by atoms with Gasteiger partial charge in [-0.1, -0.05) is 30.3 Å². The maximum Gasteiger partial charge on any atom is 0.227 e. The van der Waals surface area contributed by atoms with Gasteiger partial charge in [-0.3, -0.25) is 4.79 Å². The maximum atomic E-state index is 12.2. The summed E-state index contributed by atoms with van der Waals surface area (Å²) in [7, 11) is 0. The summed E-state index contributed by atoms with van der Waals surface area (Å²) in [6.07, 6.45) is 3.42. The lowest BCUT2D eigenvalue weighted by Crippen LogP contribution is -2.36. The lowest BCUT2D eigenvalue weighted by molar-refractivity contribution is -0.118. The zero-order chi connectivity index (χ0) is 14.7. The first-order chi connectivity index (χ1) is 10.2. The molecule has 0 fully saturated rings. The summed E-state index contributed by atoms with van der Waals surface area (Å²) < 4.78 is 0. The van der Waals surface area contributed by atoms with Crippen LogP contribution >= 0.6 is 0 Å². The largest absolute Gasteiger partial charge is 0.399 e. The van der Waals surface area contributed by atoms with E-state index in [1.165, 1.54) is 11.1 Å². The number of benzene rings is 2. The van der Waals surface area contributed by atoms with E-state index in [4.69, 9.17) is 5.73 Å². The number of carbonyl (C=O) groups is 1. The molecule has 0 radical (unpaired) electrons. The molecule has 0 unspecified atom stereocenters. The van der Waals surface area contributed by atoms with Gasteiger partial charge in [0.05, 0.1) is 0 Å². The molecule has 1 aliphatic heterocycles. The predicted octanol–water partition coefficient (Wildman–Crippen LogP) is 3.18. The molecule has 0 bridgehead atoms. The number of nitrogen functional groups attached to an aromatic ring is 1. The van der Waals surface area contributed by atoms with E-state index in [0.717, 1.165) is 37.2 Å². The normalized spacial score (nSPS) is 14.1. The molecule has 0 aromatic heterocycles. The number of nitrogens with two attached hydrogens (primary N) is 1. The highest BCUT2D eigenvalue weighted by Gasteiger charge is 2.22. The van der Waals surface area contributed by atoms with Crippen molar-refractivity contribution in [1.82, 2.24) is 0 Å². The second-order valence-corrected chi connectivity index (χ2v) is 5.52. The van der Waals surface area contributed by atoms with Crippen LogP contribution in [0.2, 0.25) is 0 Å². The average Bonchev–Trinajstić information content (AvgIpc) is 2.51. The Morgan fingerprint density at radius 3 is 2.57 bits per heavy atom. The molecule has 0 saturated heterocycles. The molecule has 1 amide bonds. The van der Waals surface area contributed by atoms with Gasteiger partial charge in [0.25, 0.3) is 0 Å². The molecule has 21 heavy (non-hydrogen) atoms. The molecule has 108 valence electrons. The van der Waals surface area contributed by atoms with Crippen LogP contribution < -0.4 is 10.6 Å². The quantitative estimate of drug-likeness (QED) is 0.874. The smallest absolute Gasteiger partial charge is 0.227 e. The Labute approximate surface area is 125 Å². The highest BCUT2D eigenvalue weighted by atomic mass is 16.2. The Morgan fingerprint density at radius 1 is 1.00 bits per heavy atom. The first-order valence-electron chi connectivity index (χ1n) is 7.47. The van der Waals surface area contributed by atoms with Crippen molar-refractivity contribution in [2.24, 2.45) is 0 Å². The summed E-state index contributed by atoms with van der Waals surface area (Å²) >= 11 is 0. The fraction of sp³-hybridized carbons (Fsp3) is 0.278. The van der Waals surface area contributed by atoms with Crippen LogP contribution in [-0.2, 0) is 17.6 Å². The molecule has 2 aromatic carbocycles. The lowest BCUT2D eigenvalue weighted by atomic mass is 10.0. The third kappa shape index (κ3) is 3.07. The SMILES string of the molecule is Nc1ccc(CCCN2C(=O)CCc3ccccc32)cc1. The van der Waals surface area contributed by atoms with Crippen LogP contribution in [0.1, 0.15) is 24.0 Å². The predicted molar refractivity (Wildman–Crippen MR) is 86.3 cm³/mol. The van der Waals surface area contributed by atoms with E-state index in [0.29, 0.717) is 6.42 Å². The van der Waals surface area contributed by atoms with Crippen molar-refractivity contribution in [3.8, 4) is 0 Å². The standard InChI is InChI=1S/C18H20N2O/c19-16-10-7-14(8-11-16)4-3-13-20-17-6-2-1-5-15(17)9-12-18(20)21/h1-2,5-8,10-11H,3-4,9,12-13,19H2. The number of nitrogens with zero attached hydrogens (tertiary/aromatic N) is 1. The number of hydrogen-bond acceptors (Lipinski definition) is 2. The van der Waals surface area contributed by atoms with Crippen LogP contribution in [-0.4, -0.2) is 12.5 Å². The number of rotatable bonds is 4. The van der Waals surface area contributed by atoms with E-state index in [2.05, 4.69) is 24.3 Å². The Kier molecular flexibility index (Phi) is 3.91. The number of carbonyl (C=O) groups excluding carboxylic acids is 1. The van der Waals surface area contributed by atoms with Crippen molar-refractivity contribution in [2.75, 3.05) is 17.2 Å². The molecule has 3 rings (SSSR count). The van der Waals surface area contributed by atoms with Gasteiger partial charge in [-0.15, -0.1) is 0 Å². The fourth-order valence-electron chi connectivity index (χ4n) is 2.87. The van der Waals surface area contributed by atoms with Crippen LogP contribution in [0, 0.1) is 0 Å². The number of anilines is 2. The Morgan fingerprint density at radius 2 is 1.76 bits per heavy atom. The lowest BCUT2D eigenvalue weighted by Gasteiger charge is -2.29. The van der Waals surface area contributed by atoms with Gasteiger partial charge in [0.2, 0.25) is 5.91 Å². The molecule has 2 aromatic rings. The molecule has 0 saturated carbocycles. The highest BCUT2D eigenvalue weighted by Crippen LogP contribution is 2.27. The summed E-state index contributed by atoms with van der Waals surface area (Å²) in [5.41, 5.74) is 10.1. The van der Waals surface area contributed by atoms with Crippen molar-refractivity contribution in [3.63, 3.8) is 0 Å². The summed E-state index contributed by atoms with van der Waals surface area (Å²) in [6, 6.07) is 16.2. The van der Waals surface area contributed by atoms with Gasteiger partial charge in [-0.05, 0) is 48.6 Å². The second kappa shape index (κ2) is 6.00. The summed E-state index contributed by atoms with van der Waals surface area (Å²) in [4.78, 5) is 14.1. The molecule has 0 aliphatic carbocycles. The van der Waals surface area contributed by atoms with Crippen LogP contribution in [0.3, 0.4) is 0 Å². The van der Waals surface area contributed by atoms with Gasteiger partial charge < -0.3 is 10.6 Å². The van der Waals surface area contributed by atoms with E-state index in [9.17, 15) is 4.79 Å². The molecule has 0 spiro atoms. The highest BCUT2D eigenvalue weighted by molar-refractivity contribution is 5.96. The van der Waals surface area contributed by atoms with Gasteiger partial charge >= 0.3 is 0 Å². The minimum atomic E-state index is 0.242. The van der Waals surface area contributed by atoms with E-state index in [-0.39, 0.29) is 5.91 Å². The van der Waals surface area contributed by atoms with Gasteiger partial charge in [-0.25, -0.2) is 0 Å². The first-order valence-corrected chi connectivity index (χ1v) is 7.47. The minimum absolute atomic E-state index is 0.242. The van der Waals surface area contributed by atoms with Crippen LogP contribution in [0.4, 0.5) is 11.4 Å². The van der Waals surface area contributed by atoms with Gasteiger partial charge in [0.15, 0.2) is 0 Å². The maximum absolute atomic E-state index is 12.2. The van der Waals surface area contributed by atoms with Gasteiger partial charge in [0, 0.05) is 24.3 Å². The first kappa shape index (κ1) is 13.7. The van der Waals surface area contributed by atoms with Crippen LogP contribution in [0.25, 0.3) is 0 Å². The summed E-state index contributed by atoms with van der Waals surface area (Å²) in [6.45, 7) is 0.778. The Balaban J connectivity index is 1.65. The van der Waals surface area contributed by atoms with Crippen molar-refractivity contribution in [1.29, 1.82) is 0 Å². The number of hydrogen-bond donors (Lipinski definition) is 1. The molecular weight excluding hydrogens is 260 g/mol.